The number of carbonyl (C=O) groups is 1. The van der Waals surface area contributed by atoms with Gasteiger partial charge in [-0.2, -0.15) is 0 Å². The third-order valence-corrected chi connectivity index (χ3v) is 2.79. The zero-order valence-electron chi connectivity index (χ0n) is 8.13. The van der Waals surface area contributed by atoms with Gasteiger partial charge in [-0.1, -0.05) is 11.6 Å². The van der Waals surface area contributed by atoms with Crippen LogP contribution in [-0.2, 0) is 9.53 Å². The first kappa shape index (κ1) is 12.3. The molecule has 0 aromatic heterocycles. The molecule has 0 aliphatic heterocycles. The van der Waals surface area contributed by atoms with Crippen LogP contribution < -0.4 is 4.74 Å². The molecule has 1 rings (SSSR count). The molecule has 0 saturated heterocycles. The van der Waals surface area contributed by atoms with Crippen LogP contribution in [0.4, 0.5) is 0 Å². The van der Waals surface area contributed by atoms with Crippen molar-refractivity contribution in [3.8, 4) is 5.75 Å². The molecule has 0 atom stereocenters. The van der Waals surface area contributed by atoms with Gasteiger partial charge in [-0.15, -0.1) is 0 Å². The number of esters is 1. The smallest absolute Gasteiger partial charge is 0.344 e. The molecule has 0 radical (unpaired) electrons. The first-order valence-electron chi connectivity index (χ1n) is 4.37. The van der Waals surface area contributed by atoms with Gasteiger partial charge >= 0.3 is 5.97 Å². The minimum atomic E-state index is -0.392. The molecular weight excluding hydrogens is 283 g/mol. The van der Waals surface area contributed by atoms with Crippen molar-refractivity contribution < 1.29 is 14.3 Å². The van der Waals surface area contributed by atoms with E-state index < -0.39 is 5.97 Å². The topological polar surface area (TPSA) is 35.5 Å². The van der Waals surface area contributed by atoms with Crippen molar-refractivity contribution in [1.29, 1.82) is 0 Å². The van der Waals surface area contributed by atoms with Crippen molar-refractivity contribution in [3.05, 3.63) is 27.7 Å². The summed E-state index contributed by atoms with van der Waals surface area (Å²) in [5.74, 6) is 0.146. The monoisotopic (exact) mass is 292 g/mol. The summed E-state index contributed by atoms with van der Waals surface area (Å²) in [7, 11) is 0. The Morgan fingerprint density at radius 3 is 2.87 bits per heavy atom. The minimum absolute atomic E-state index is 0.105. The van der Waals surface area contributed by atoms with E-state index in [-0.39, 0.29) is 6.61 Å². The van der Waals surface area contributed by atoms with Gasteiger partial charge in [0.2, 0.25) is 0 Å². The number of hydrogen-bond acceptors (Lipinski definition) is 3. The van der Waals surface area contributed by atoms with Crippen LogP contribution in [0.2, 0.25) is 5.02 Å². The minimum Gasteiger partial charge on any atom is -0.482 e. The summed E-state index contributed by atoms with van der Waals surface area (Å²) in [4.78, 5) is 11.0. The fourth-order valence-corrected chi connectivity index (χ4v) is 1.33. The summed E-state index contributed by atoms with van der Waals surface area (Å²) in [5, 5.41) is 0.538. The van der Waals surface area contributed by atoms with Gasteiger partial charge < -0.3 is 9.47 Å². The standard InChI is InChI=1S/C10H10BrClO3/c1-2-14-10(13)6-15-7-3-4-8(11)9(12)5-7/h3-5H,2,6H2,1H3. The third-order valence-electron chi connectivity index (χ3n) is 1.55. The number of benzene rings is 1. The normalized spacial score (nSPS) is 9.80. The molecule has 15 heavy (non-hydrogen) atoms. The molecule has 3 nitrogen and oxygen atoms in total. The van der Waals surface area contributed by atoms with Gasteiger partial charge in [-0.05, 0) is 41.1 Å². The highest BCUT2D eigenvalue weighted by Crippen LogP contribution is 2.26. The molecule has 1 aromatic rings. The molecule has 0 amide bonds. The van der Waals surface area contributed by atoms with Crippen molar-refractivity contribution in [2.75, 3.05) is 13.2 Å². The van der Waals surface area contributed by atoms with Crippen LogP contribution in [0.25, 0.3) is 0 Å². The lowest BCUT2D eigenvalue weighted by Gasteiger charge is -2.06. The lowest BCUT2D eigenvalue weighted by molar-refractivity contribution is -0.145. The molecular formula is C10H10BrClO3. The quantitative estimate of drug-likeness (QED) is 0.801. The fraction of sp³-hybridized carbons (Fsp3) is 0.300. The summed E-state index contributed by atoms with van der Waals surface area (Å²) < 4.78 is 10.7. The molecule has 0 spiro atoms. The number of rotatable bonds is 4. The van der Waals surface area contributed by atoms with Gasteiger partial charge in [0.1, 0.15) is 5.75 Å². The zero-order chi connectivity index (χ0) is 11.3. The Morgan fingerprint density at radius 2 is 2.27 bits per heavy atom. The van der Waals surface area contributed by atoms with Gasteiger partial charge in [-0.25, -0.2) is 4.79 Å². The van der Waals surface area contributed by atoms with Crippen LogP contribution in [0, 0.1) is 0 Å². The number of hydrogen-bond donors (Lipinski definition) is 0. The van der Waals surface area contributed by atoms with E-state index in [0.29, 0.717) is 17.4 Å². The maximum Gasteiger partial charge on any atom is 0.344 e. The number of halogens is 2. The van der Waals surface area contributed by atoms with Gasteiger partial charge in [0.05, 0.1) is 11.6 Å². The highest BCUT2D eigenvalue weighted by atomic mass is 79.9. The van der Waals surface area contributed by atoms with Gasteiger partial charge in [0.15, 0.2) is 6.61 Å². The second kappa shape index (κ2) is 5.98. The van der Waals surface area contributed by atoms with Crippen LogP contribution in [-0.4, -0.2) is 19.2 Å². The zero-order valence-corrected chi connectivity index (χ0v) is 10.5. The largest absolute Gasteiger partial charge is 0.482 e. The van der Waals surface area contributed by atoms with Crippen LogP contribution >= 0.6 is 27.5 Å². The summed E-state index contributed by atoms with van der Waals surface area (Å²) in [6.45, 7) is 1.99. The van der Waals surface area contributed by atoms with E-state index in [1.54, 1.807) is 25.1 Å². The number of carbonyl (C=O) groups excluding carboxylic acids is 1. The van der Waals surface area contributed by atoms with Crippen LogP contribution in [0.5, 0.6) is 5.75 Å². The van der Waals surface area contributed by atoms with E-state index in [9.17, 15) is 4.79 Å². The lowest BCUT2D eigenvalue weighted by atomic mass is 10.3. The van der Waals surface area contributed by atoms with E-state index in [1.165, 1.54) is 0 Å². The van der Waals surface area contributed by atoms with Crippen molar-refractivity contribution in [1.82, 2.24) is 0 Å². The second-order valence-corrected chi connectivity index (χ2v) is 3.93. The molecule has 0 heterocycles. The predicted octanol–water partition coefficient (Wildman–Crippen LogP) is 3.04. The molecule has 1 aromatic carbocycles. The van der Waals surface area contributed by atoms with Gasteiger partial charge in [0, 0.05) is 4.47 Å². The van der Waals surface area contributed by atoms with Gasteiger partial charge in [-0.3, -0.25) is 0 Å². The summed E-state index contributed by atoms with van der Waals surface area (Å²) >= 11 is 9.10. The van der Waals surface area contributed by atoms with E-state index in [4.69, 9.17) is 21.1 Å². The van der Waals surface area contributed by atoms with Crippen LogP contribution in [0.15, 0.2) is 22.7 Å². The SMILES string of the molecule is CCOC(=O)COc1ccc(Br)c(Cl)c1. The molecule has 82 valence electrons. The van der Waals surface area contributed by atoms with Gasteiger partial charge in [0.25, 0.3) is 0 Å². The van der Waals surface area contributed by atoms with Crippen molar-refractivity contribution in [3.63, 3.8) is 0 Å². The molecule has 0 aliphatic rings. The highest BCUT2D eigenvalue weighted by Gasteiger charge is 2.04. The van der Waals surface area contributed by atoms with Crippen molar-refractivity contribution in [2.24, 2.45) is 0 Å². The van der Waals surface area contributed by atoms with Crippen molar-refractivity contribution >= 4 is 33.5 Å². The first-order valence-corrected chi connectivity index (χ1v) is 5.54. The summed E-state index contributed by atoms with van der Waals surface area (Å²) in [6.07, 6.45) is 0. The molecule has 0 fully saturated rings. The number of ether oxygens (including phenoxy) is 2. The maximum atomic E-state index is 11.0. The summed E-state index contributed by atoms with van der Waals surface area (Å²) in [5.41, 5.74) is 0. The first-order chi connectivity index (χ1) is 7.13. The summed E-state index contributed by atoms with van der Waals surface area (Å²) in [6, 6.07) is 5.10. The van der Waals surface area contributed by atoms with Crippen molar-refractivity contribution in [2.45, 2.75) is 6.92 Å². The predicted molar refractivity (Wildman–Crippen MR) is 61.3 cm³/mol. The Labute approximate surface area is 101 Å². The Morgan fingerprint density at radius 1 is 1.53 bits per heavy atom. The second-order valence-electron chi connectivity index (χ2n) is 2.67. The van der Waals surface area contributed by atoms with E-state index >= 15 is 0 Å². The van der Waals surface area contributed by atoms with Crippen LogP contribution in [0.1, 0.15) is 6.92 Å². The average Bonchev–Trinajstić information content (AvgIpc) is 2.20. The molecule has 0 aliphatic carbocycles. The Hall–Kier alpha value is -0.740. The molecule has 0 unspecified atom stereocenters. The Kier molecular flexibility index (Phi) is 4.91. The van der Waals surface area contributed by atoms with Crippen LogP contribution in [0.3, 0.4) is 0 Å². The maximum absolute atomic E-state index is 11.0. The molecule has 0 N–H and O–H groups in total. The molecule has 5 heteroatoms. The Bertz CT molecular complexity index is 355. The lowest BCUT2D eigenvalue weighted by Crippen LogP contribution is -2.14. The van der Waals surface area contributed by atoms with E-state index in [2.05, 4.69) is 15.9 Å². The highest BCUT2D eigenvalue weighted by molar-refractivity contribution is 9.10. The average molecular weight is 294 g/mol. The molecule has 0 bridgehead atoms. The Balaban J connectivity index is 2.51. The molecule has 0 saturated carbocycles. The van der Waals surface area contributed by atoms with E-state index in [1.807, 2.05) is 0 Å². The fourth-order valence-electron chi connectivity index (χ4n) is 0.912. The van der Waals surface area contributed by atoms with E-state index in [0.717, 1.165) is 4.47 Å². The third kappa shape index (κ3) is 4.10.